The summed E-state index contributed by atoms with van der Waals surface area (Å²) in [6, 6.07) is 13.4. The number of benzene rings is 2. The third-order valence-corrected chi connectivity index (χ3v) is 3.04. The fraction of sp³-hybridized carbons (Fsp3) is 0. The van der Waals surface area contributed by atoms with Gasteiger partial charge in [0.25, 0.3) is 0 Å². The van der Waals surface area contributed by atoms with E-state index >= 15 is 0 Å². The molecule has 0 bridgehead atoms. The first-order chi connectivity index (χ1) is 7.77. The molecule has 0 radical (unpaired) electrons. The zero-order valence-electron chi connectivity index (χ0n) is 8.25. The molecule has 0 fully saturated rings. The molecule has 78 valence electrons. The molecule has 1 N–H and O–H groups in total. The predicted octanol–water partition coefficient (Wildman–Crippen LogP) is 3.36. The molecule has 2 aromatic rings. The molecule has 16 heavy (non-hydrogen) atoms. The average Bonchev–Trinajstić information content (AvgIpc) is 2.24. The van der Waals surface area contributed by atoms with Crippen LogP contribution in [0.1, 0.15) is 0 Å². The molecule has 0 heterocycles. The van der Waals surface area contributed by atoms with Gasteiger partial charge in [-0.1, -0.05) is 36.4 Å². The van der Waals surface area contributed by atoms with Crippen molar-refractivity contribution in [2.45, 2.75) is 0 Å². The summed E-state index contributed by atoms with van der Waals surface area (Å²) in [6.07, 6.45) is 0. The lowest BCUT2D eigenvalue weighted by Crippen LogP contribution is -2.00. The van der Waals surface area contributed by atoms with Crippen LogP contribution in [0.5, 0.6) is 5.75 Å². The summed E-state index contributed by atoms with van der Waals surface area (Å²) < 4.78 is 15.6. The van der Waals surface area contributed by atoms with Crippen molar-refractivity contribution in [2.75, 3.05) is 0 Å². The summed E-state index contributed by atoms with van der Waals surface area (Å²) in [5, 5.41) is 0. The third kappa shape index (κ3) is 1.26. The lowest BCUT2D eigenvalue weighted by molar-refractivity contribution is 0.411. The molecule has 0 spiro atoms. The van der Waals surface area contributed by atoms with E-state index in [4.69, 9.17) is 9.42 Å². The fourth-order valence-electron chi connectivity index (χ4n) is 2.07. The van der Waals surface area contributed by atoms with Crippen molar-refractivity contribution in [1.82, 2.24) is 0 Å². The van der Waals surface area contributed by atoms with Gasteiger partial charge >= 0.3 is 8.25 Å². The lowest BCUT2D eigenvalue weighted by atomic mass is 9.80. The minimum absolute atomic E-state index is 0.472. The topological polar surface area (TPSA) is 46.5 Å². The maximum absolute atomic E-state index is 10.7. The van der Waals surface area contributed by atoms with Gasteiger partial charge in [0, 0.05) is 10.1 Å². The molecule has 0 amide bonds. The van der Waals surface area contributed by atoms with E-state index in [2.05, 4.69) is 0 Å². The van der Waals surface area contributed by atoms with Gasteiger partial charge in [0.05, 0.1) is 0 Å². The molecule has 3 rings (SSSR count). The Morgan fingerprint density at radius 1 is 0.938 bits per heavy atom. The zero-order valence-corrected chi connectivity index (χ0v) is 9.15. The molecule has 0 aliphatic heterocycles. The molecule has 2 aromatic carbocycles. The van der Waals surface area contributed by atoms with Crippen LogP contribution >= 0.6 is 8.25 Å². The smallest absolute Gasteiger partial charge is 0.229 e. The summed E-state index contributed by atoms with van der Waals surface area (Å²) in [5.41, 5.74) is 4.24. The first kappa shape index (κ1) is 9.52. The minimum atomic E-state index is -2.61. The van der Waals surface area contributed by atoms with E-state index < -0.39 is 8.25 Å². The number of rotatable bonds is 2. The summed E-state index contributed by atoms with van der Waals surface area (Å²) in [7, 11) is -2.61. The molecule has 1 unspecified atom stereocenters. The lowest BCUT2D eigenvalue weighted by Gasteiger charge is -2.23. The minimum Gasteiger partial charge on any atom is -0.229 e. The van der Waals surface area contributed by atoms with Crippen LogP contribution in [0.4, 0.5) is 0 Å². The molecule has 1 atom stereocenters. The average molecular weight is 231 g/mol. The molecule has 4 heteroatoms. The third-order valence-electron chi connectivity index (χ3n) is 2.69. The molecule has 0 aromatic heterocycles. The standard InChI is InChI=1S/C12H7O3P/c13-16(14)15-11-7-3-6-10-8-4-1-2-5-9(8)12(10)11/h1-7H/p+1. The van der Waals surface area contributed by atoms with Gasteiger partial charge in [-0.3, -0.25) is 0 Å². The molecule has 1 aliphatic rings. The van der Waals surface area contributed by atoms with Crippen LogP contribution in [-0.4, -0.2) is 4.89 Å². The fourth-order valence-corrected chi connectivity index (χ4v) is 2.39. The molecule has 1 aliphatic carbocycles. The summed E-state index contributed by atoms with van der Waals surface area (Å²) >= 11 is 0. The largest absolute Gasteiger partial charge is 0.747 e. The first-order valence-corrected chi connectivity index (χ1v) is 5.97. The van der Waals surface area contributed by atoms with Crippen LogP contribution in [0.15, 0.2) is 42.5 Å². The Bertz CT molecular complexity index is 593. The Labute approximate surface area is 93.3 Å². The van der Waals surface area contributed by atoms with Gasteiger partial charge in [-0.05, 0) is 22.8 Å². The number of fused-ring (bicyclic) bond motifs is 4. The van der Waals surface area contributed by atoms with Gasteiger partial charge in [0.15, 0.2) is 5.75 Å². The van der Waals surface area contributed by atoms with E-state index in [0.717, 1.165) is 22.3 Å². The first-order valence-electron chi connectivity index (χ1n) is 4.84. The van der Waals surface area contributed by atoms with Gasteiger partial charge in [0.1, 0.15) is 0 Å². The maximum atomic E-state index is 10.7. The van der Waals surface area contributed by atoms with Gasteiger partial charge in [-0.2, -0.15) is 0 Å². The van der Waals surface area contributed by atoms with Crippen LogP contribution in [-0.2, 0) is 4.57 Å². The van der Waals surface area contributed by atoms with Crippen molar-refractivity contribution in [1.29, 1.82) is 0 Å². The molecule has 3 nitrogen and oxygen atoms in total. The zero-order chi connectivity index (χ0) is 11.1. The highest BCUT2D eigenvalue weighted by Gasteiger charge is 2.29. The van der Waals surface area contributed by atoms with Crippen LogP contribution in [0.25, 0.3) is 22.3 Å². The summed E-state index contributed by atoms with van der Waals surface area (Å²) in [6.45, 7) is 0. The molecular formula is C12H8O3P+. The normalized spacial score (nSPS) is 12.2. The second-order valence-corrected chi connectivity index (χ2v) is 4.21. The van der Waals surface area contributed by atoms with E-state index in [1.54, 1.807) is 6.07 Å². The van der Waals surface area contributed by atoms with Crippen LogP contribution < -0.4 is 4.52 Å². The van der Waals surface area contributed by atoms with E-state index in [0.29, 0.717) is 5.75 Å². The number of hydrogen-bond donors (Lipinski definition) is 1. The Hall–Kier alpha value is -1.70. The van der Waals surface area contributed by atoms with E-state index in [1.165, 1.54) is 0 Å². The van der Waals surface area contributed by atoms with Crippen LogP contribution in [0.2, 0.25) is 0 Å². The van der Waals surface area contributed by atoms with Crippen molar-refractivity contribution in [3.63, 3.8) is 0 Å². The van der Waals surface area contributed by atoms with Gasteiger partial charge < -0.3 is 0 Å². The van der Waals surface area contributed by atoms with E-state index in [-0.39, 0.29) is 0 Å². The Kier molecular flexibility index (Phi) is 2.03. The van der Waals surface area contributed by atoms with Gasteiger partial charge in [0.2, 0.25) is 0 Å². The van der Waals surface area contributed by atoms with E-state index in [1.807, 2.05) is 36.4 Å². The highest BCUT2D eigenvalue weighted by Crippen LogP contribution is 2.52. The Morgan fingerprint density at radius 3 is 2.38 bits per heavy atom. The second-order valence-electron chi connectivity index (χ2n) is 3.55. The Balaban J connectivity index is 2.14. The molecular weight excluding hydrogens is 223 g/mol. The number of hydrogen-bond acceptors (Lipinski definition) is 2. The maximum Gasteiger partial charge on any atom is 0.747 e. The summed E-state index contributed by atoms with van der Waals surface area (Å²) in [5.74, 6) is 0.472. The van der Waals surface area contributed by atoms with Crippen molar-refractivity contribution >= 4 is 8.25 Å². The molecule has 0 saturated heterocycles. The molecule has 0 saturated carbocycles. The van der Waals surface area contributed by atoms with Crippen molar-refractivity contribution < 1.29 is 14.0 Å². The monoisotopic (exact) mass is 231 g/mol. The van der Waals surface area contributed by atoms with Gasteiger partial charge in [-0.15, -0.1) is 4.89 Å². The highest BCUT2D eigenvalue weighted by molar-refractivity contribution is 7.32. The highest BCUT2D eigenvalue weighted by atomic mass is 31.1. The Morgan fingerprint density at radius 2 is 1.62 bits per heavy atom. The van der Waals surface area contributed by atoms with E-state index in [9.17, 15) is 4.57 Å². The van der Waals surface area contributed by atoms with Crippen LogP contribution in [0, 0.1) is 0 Å². The van der Waals surface area contributed by atoms with Gasteiger partial charge in [-0.25, -0.2) is 4.52 Å². The quantitative estimate of drug-likeness (QED) is 0.688. The van der Waals surface area contributed by atoms with Crippen LogP contribution in [0.3, 0.4) is 0 Å². The second kappa shape index (κ2) is 3.41. The predicted molar refractivity (Wildman–Crippen MR) is 61.3 cm³/mol. The summed E-state index contributed by atoms with van der Waals surface area (Å²) in [4.78, 5) is 8.78. The van der Waals surface area contributed by atoms with Crippen molar-refractivity contribution in [3.8, 4) is 28.0 Å². The van der Waals surface area contributed by atoms with Crippen molar-refractivity contribution in [2.24, 2.45) is 0 Å². The van der Waals surface area contributed by atoms with Crippen molar-refractivity contribution in [3.05, 3.63) is 42.5 Å². The SMILES string of the molecule is O=[P+](O)Oc1cccc2c1-c1ccccc1-2.